The predicted molar refractivity (Wildman–Crippen MR) is 138 cm³/mol. The monoisotopic (exact) mass is 580 g/mol. The summed E-state index contributed by atoms with van der Waals surface area (Å²) in [5.74, 6) is 0.225. The molecule has 1 saturated carbocycles. The van der Waals surface area contributed by atoms with Gasteiger partial charge in [-0.25, -0.2) is 8.42 Å². The standard InChI is InChI=1S/C19H28N6O4S.4ClH/c26-18-15(8-17(19(18)27)21-10-14-2-1-3-20-9-14)11-25-13-16(22-23-25)12-24-4-6-30(28,29)7-5-24;;;;/h1-3,9,13,15,17-19,21,26-27H,4-8,10-12H2;4*1H/t15-,17-,18-,19+;;;;/m1..../s1. The zero-order valence-corrected chi connectivity index (χ0v) is 22.4. The van der Waals surface area contributed by atoms with Gasteiger partial charge in [-0.2, -0.15) is 0 Å². The highest BCUT2D eigenvalue weighted by molar-refractivity contribution is 7.91. The Labute approximate surface area is 224 Å². The quantitative estimate of drug-likeness (QED) is 0.427. The van der Waals surface area contributed by atoms with Crippen molar-refractivity contribution in [2.75, 3.05) is 24.6 Å². The van der Waals surface area contributed by atoms with E-state index in [1.165, 1.54) is 0 Å². The highest BCUT2D eigenvalue weighted by Crippen LogP contribution is 2.28. The topological polar surface area (TPSA) is 133 Å². The number of pyridine rings is 1. The van der Waals surface area contributed by atoms with Crippen LogP contribution in [-0.4, -0.2) is 86.4 Å². The van der Waals surface area contributed by atoms with Crippen LogP contribution in [0, 0.1) is 5.92 Å². The Balaban J connectivity index is 0.00000272. The molecule has 15 heteroatoms. The van der Waals surface area contributed by atoms with Gasteiger partial charge < -0.3 is 15.5 Å². The van der Waals surface area contributed by atoms with Crippen LogP contribution in [0.1, 0.15) is 17.7 Å². The summed E-state index contributed by atoms with van der Waals surface area (Å²) in [5.41, 5.74) is 1.79. The van der Waals surface area contributed by atoms with Gasteiger partial charge in [-0.05, 0) is 18.1 Å². The van der Waals surface area contributed by atoms with Crippen molar-refractivity contribution in [3.63, 3.8) is 0 Å². The molecule has 4 rings (SSSR count). The lowest BCUT2D eigenvalue weighted by molar-refractivity contribution is 0.00722. The molecule has 0 unspecified atom stereocenters. The van der Waals surface area contributed by atoms with E-state index in [1.54, 1.807) is 17.1 Å². The van der Waals surface area contributed by atoms with Crippen LogP contribution in [0.3, 0.4) is 0 Å². The fourth-order valence-electron chi connectivity index (χ4n) is 4.14. The van der Waals surface area contributed by atoms with Crippen LogP contribution in [0.15, 0.2) is 30.7 Å². The molecule has 1 saturated heterocycles. The third-order valence-corrected chi connectivity index (χ3v) is 7.53. The van der Waals surface area contributed by atoms with Crippen molar-refractivity contribution in [1.82, 2.24) is 30.2 Å². The summed E-state index contributed by atoms with van der Waals surface area (Å²) in [7, 11) is -2.90. The molecule has 0 radical (unpaired) electrons. The molecule has 0 aromatic carbocycles. The highest BCUT2D eigenvalue weighted by Gasteiger charge is 2.41. The minimum Gasteiger partial charge on any atom is -0.390 e. The van der Waals surface area contributed by atoms with Crippen LogP contribution in [0.5, 0.6) is 0 Å². The number of aromatic nitrogens is 4. The van der Waals surface area contributed by atoms with Crippen molar-refractivity contribution >= 4 is 59.5 Å². The third-order valence-electron chi connectivity index (χ3n) is 5.92. The van der Waals surface area contributed by atoms with Gasteiger partial charge in [0, 0.05) is 63.3 Å². The second kappa shape index (κ2) is 14.7. The Bertz CT molecular complexity index is 941. The van der Waals surface area contributed by atoms with Crippen molar-refractivity contribution in [2.24, 2.45) is 5.92 Å². The lowest BCUT2D eigenvalue weighted by atomic mass is 10.1. The maximum atomic E-state index is 11.5. The molecular weight excluding hydrogens is 550 g/mol. The molecule has 3 N–H and O–H groups in total. The number of hydrogen-bond donors (Lipinski definition) is 3. The van der Waals surface area contributed by atoms with E-state index in [9.17, 15) is 18.6 Å². The summed E-state index contributed by atoms with van der Waals surface area (Å²) in [5, 5.41) is 32.5. The predicted octanol–water partition coefficient (Wildman–Crippen LogP) is 0.491. The van der Waals surface area contributed by atoms with E-state index in [4.69, 9.17) is 0 Å². The third kappa shape index (κ3) is 8.72. The van der Waals surface area contributed by atoms with E-state index in [2.05, 4.69) is 25.5 Å². The number of aliphatic hydroxyl groups excluding tert-OH is 2. The van der Waals surface area contributed by atoms with Gasteiger partial charge in [0.25, 0.3) is 0 Å². The van der Waals surface area contributed by atoms with E-state index < -0.39 is 22.0 Å². The van der Waals surface area contributed by atoms with Crippen LogP contribution in [0.2, 0.25) is 0 Å². The van der Waals surface area contributed by atoms with E-state index in [0.717, 1.165) is 11.3 Å². The van der Waals surface area contributed by atoms with Gasteiger partial charge in [-0.1, -0.05) is 11.3 Å². The molecule has 2 aromatic heterocycles. The number of rotatable bonds is 7. The maximum Gasteiger partial charge on any atom is 0.152 e. The first kappa shape index (κ1) is 33.2. The summed E-state index contributed by atoms with van der Waals surface area (Å²) in [4.78, 5) is 6.14. The van der Waals surface area contributed by atoms with Gasteiger partial charge in [0.15, 0.2) is 9.84 Å². The number of nitrogens with one attached hydrogen (secondary N) is 1. The zero-order chi connectivity index (χ0) is 21.1. The molecule has 3 heterocycles. The summed E-state index contributed by atoms with van der Waals surface area (Å²) in [6.07, 6.45) is 4.27. The van der Waals surface area contributed by atoms with E-state index in [1.807, 2.05) is 18.3 Å². The molecule has 2 aromatic rings. The van der Waals surface area contributed by atoms with Crippen LogP contribution in [0.4, 0.5) is 0 Å². The first-order chi connectivity index (χ1) is 14.4. The Morgan fingerprint density at radius 2 is 1.79 bits per heavy atom. The minimum atomic E-state index is -2.90. The minimum absolute atomic E-state index is 0. The smallest absolute Gasteiger partial charge is 0.152 e. The number of sulfone groups is 1. The first-order valence-corrected chi connectivity index (χ1v) is 12.0. The fourth-order valence-corrected chi connectivity index (χ4v) is 5.41. The molecule has 2 aliphatic rings. The van der Waals surface area contributed by atoms with Crippen LogP contribution < -0.4 is 5.32 Å². The second-order valence-corrected chi connectivity index (χ2v) is 10.5. The van der Waals surface area contributed by atoms with E-state index in [0.29, 0.717) is 39.1 Å². The molecule has 34 heavy (non-hydrogen) atoms. The average Bonchev–Trinajstić information content (AvgIpc) is 3.28. The Morgan fingerprint density at radius 3 is 2.44 bits per heavy atom. The molecule has 0 spiro atoms. The van der Waals surface area contributed by atoms with Crippen molar-refractivity contribution in [3.05, 3.63) is 42.0 Å². The van der Waals surface area contributed by atoms with Crippen molar-refractivity contribution in [1.29, 1.82) is 0 Å². The highest BCUT2D eigenvalue weighted by atomic mass is 35.5. The molecule has 1 aliphatic heterocycles. The largest absolute Gasteiger partial charge is 0.390 e. The van der Waals surface area contributed by atoms with Gasteiger partial charge in [0.1, 0.15) is 0 Å². The summed E-state index contributed by atoms with van der Waals surface area (Å²) in [6, 6.07) is 3.62. The SMILES string of the molecule is Cl.Cl.Cl.Cl.O=S1(=O)CCN(Cc2cn(C[C@H]3C[C@@H](NCc4cccnc4)[C@H](O)[C@@H]3O)nn2)CC1. The Hall–Kier alpha value is -0.760. The van der Waals surface area contributed by atoms with Gasteiger partial charge in [-0.15, -0.1) is 54.7 Å². The molecule has 10 nitrogen and oxygen atoms in total. The maximum absolute atomic E-state index is 11.5. The Morgan fingerprint density at radius 1 is 1.09 bits per heavy atom. The van der Waals surface area contributed by atoms with Gasteiger partial charge in [0.05, 0.1) is 29.4 Å². The van der Waals surface area contributed by atoms with Gasteiger partial charge in [0.2, 0.25) is 0 Å². The molecule has 0 bridgehead atoms. The van der Waals surface area contributed by atoms with E-state index in [-0.39, 0.29) is 73.1 Å². The van der Waals surface area contributed by atoms with Crippen molar-refractivity contribution in [2.45, 2.75) is 44.3 Å². The number of halogens is 4. The van der Waals surface area contributed by atoms with Gasteiger partial charge in [-0.3, -0.25) is 14.6 Å². The molecule has 196 valence electrons. The van der Waals surface area contributed by atoms with Gasteiger partial charge >= 0.3 is 0 Å². The van der Waals surface area contributed by atoms with E-state index >= 15 is 0 Å². The molecular formula is C19H32Cl4N6O4S. The van der Waals surface area contributed by atoms with Crippen molar-refractivity contribution in [3.8, 4) is 0 Å². The second-order valence-electron chi connectivity index (χ2n) is 8.19. The van der Waals surface area contributed by atoms with Crippen LogP contribution in [0.25, 0.3) is 0 Å². The lowest BCUT2D eigenvalue weighted by Gasteiger charge is -2.25. The summed E-state index contributed by atoms with van der Waals surface area (Å²) < 4.78 is 24.8. The zero-order valence-electron chi connectivity index (χ0n) is 18.3. The number of aliphatic hydroxyl groups is 2. The van der Waals surface area contributed by atoms with Crippen LogP contribution >= 0.6 is 49.6 Å². The average molecular weight is 582 g/mol. The number of nitrogens with zero attached hydrogens (tertiary/aromatic N) is 5. The number of hydrogen-bond acceptors (Lipinski definition) is 9. The molecule has 1 aliphatic carbocycles. The Kier molecular flexibility index (Phi) is 14.4. The van der Waals surface area contributed by atoms with Crippen molar-refractivity contribution < 1.29 is 18.6 Å². The summed E-state index contributed by atoms with van der Waals surface area (Å²) in [6.45, 7) is 2.61. The van der Waals surface area contributed by atoms with Crippen LogP contribution in [-0.2, 0) is 29.5 Å². The lowest BCUT2D eigenvalue weighted by Crippen LogP contribution is -2.39. The normalized spacial score (nSPS) is 25.8. The molecule has 2 fully saturated rings. The molecule has 0 amide bonds. The summed E-state index contributed by atoms with van der Waals surface area (Å²) >= 11 is 0. The first-order valence-electron chi connectivity index (χ1n) is 10.2. The fraction of sp³-hybridized carbons (Fsp3) is 0.632. The molecule has 4 atom stereocenters.